The van der Waals surface area contributed by atoms with Gasteiger partial charge in [0.15, 0.2) is 6.10 Å². The van der Waals surface area contributed by atoms with Crippen molar-refractivity contribution in [1.29, 1.82) is 5.26 Å². The number of benzene rings is 2. The van der Waals surface area contributed by atoms with E-state index in [2.05, 4.69) is 15.4 Å². The van der Waals surface area contributed by atoms with Crippen LogP contribution in [0.1, 0.15) is 22.8 Å². The summed E-state index contributed by atoms with van der Waals surface area (Å²) >= 11 is 0. The number of anilines is 1. The molecule has 0 spiro atoms. The van der Waals surface area contributed by atoms with Crippen LogP contribution in [-0.2, 0) is 9.53 Å². The van der Waals surface area contributed by atoms with Gasteiger partial charge in [-0.25, -0.2) is 9.48 Å². The van der Waals surface area contributed by atoms with E-state index in [4.69, 9.17) is 4.74 Å². The minimum Gasteiger partial charge on any atom is -0.449 e. The van der Waals surface area contributed by atoms with Crippen LogP contribution in [0.25, 0.3) is 16.9 Å². The van der Waals surface area contributed by atoms with Gasteiger partial charge in [0.1, 0.15) is 17.3 Å². The molecule has 0 saturated heterocycles. The number of aromatic nitrogens is 3. The van der Waals surface area contributed by atoms with Gasteiger partial charge in [0.25, 0.3) is 5.91 Å². The zero-order valence-electron chi connectivity index (χ0n) is 17.7. The van der Waals surface area contributed by atoms with Crippen LogP contribution in [0.5, 0.6) is 0 Å². The third-order valence-corrected chi connectivity index (χ3v) is 4.85. The van der Waals surface area contributed by atoms with Gasteiger partial charge in [-0.05, 0) is 43.3 Å². The molecule has 33 heavy (non-hydrogen) atoms. The third kappa shape index (κ3) is 4.78. The van der Waals surface area contributed by atoms with E-state index in [9.17, 15) is 14.9 Å². The highest BCUT2D eigenvalue weighted by molar-refractivity contribution is 6.00. The summed E-state index contributed by atoms with van der Waals surface area (Å²) in [5.41, 5.74) is 2.65. The Hall–Kier alpha value is -4.77. The van der Waals surface area contributed by atoms with Crippen LogP contribution in [0.2, 0.25) is 0 Å². The minimum atomic E-state index is -1.11. The molecule has 2 aromatic carbocycles. The summed E-state index contributed by atoms with van der Waals surface area (Å²) in [6.07, 6.45) is 3.69. The summed E-state index contributed by atoms with van der Waals surface area (Å²) in [5.74, 6) is -1.25. The lowest BCUT2D eigenvalue weighted by molar-refractivity contribution is -0.123. The van der Waals surface area contributed by atoms with E-state index in [0.29, 0.717) is 22.5 Å². The van der Waals surface area contributed by atoms with Crippen molar-refractivity contribution in [2.45, 2.75) is 13.0 Å². The average molecular weight is 437 g/mol. The van der Waals surface area contributed by atoms with Crippen LogP contribution in [0.3, 0.4) is 0 Å². The normalized spacial score (nSPS) is 11.3. The van der Waals surface area contributed by atoms with Crippen molar-refractivity contribution < 1.29 is 14.3 Å². The lowest BCUT2D eigenvalue weighted by Crippen LogP contribution is -2.30. The quantitative estimate of drug-likeness (QED) is 0.457. The first-order chi connectivity index (χ1) is 16.1. The van der Waals surface area contributed by atoms with Crippen molar-refractivity contribution in [2.75, 3.05) is 5.32 Å². The van der Waals surface area contributed by atoms with Gasteiger partial charge in [0, 0.05) is 24.2 Å². The number of nitriles is 1. The van der Waals surface area contributed by atoms with E-state index in [1.807, 2.05) is 36.4 Å². The number of nitrogens with zero attached hydrogens (tertiary/aromatic N) is 4. The summed E-state index contributed by atoms with van der Waals surface area (Å²) in [5, 5.41) is 16.4. The number of para-hydroxylation sites is 2. The molecule has 1 atom stereocenters. The highest BCUT2D eigenvalue weighted by Gasteiger charge is 2.25. The monoisotopic (exact) mass is 437 g/mol. The fourth-order valence-corrected chi connectivity index (χ4v) is 3.15. The topological polar surface area (TPSA) is 110 Å². The first-order valence-electron chi connectivity index (χ1n) is 10.1. The van der Waals surface area contributed by atoms with Gasteiger partial charge >= 0.3 is 5.97 Å². The first kappa shape index (κ1) is 21.5. The molecule has 0 saturated carbocycles. The van der Waals surface area contributed by atoms with E-state index in [1.165, 1.54) is 6.92 Å². The second-order valence-electron chi connectivity index (χ2n) is 7.11. The Bertz CT molecular complexity index is 1330. The molecule has 162 valence electrons. The van der Waals surface area contributed by atoms with Crippen LogP contribution in [0, 0.1) is 11.3 Å². The van der Waals surface area contributed by atoms with Gasteiger partial charge in [0.2, 0.25) is 0 Å². The van der Waals surface area contributed by atoms with Crippen LogP contribution in [0.4, 0.5) is 5.69 Å². The Kier molecular flexibility index (Phi) is 6.23. The number of hydrogen-bond donors (Lipinski definition) is 1. The summed E-state index contributed by atoms with van der Waals surface area (Å²) in [4.78, 5) is 29.7. The zero-order valence-corrected chi connectivity index (χ0v) is 17.7. The number of ether oxygens (including phenoxy) is 1. The standard InChI is InChI=1S/C25H19N5O3/c1-17(24(31)28-22-12-6-5-8-18(22)14-26)33-25(32)21-16-30(20-10-3-2-4-11-20)29-23(21)19-9-7-13-27-15-19/h2-13,15-17H,1H3,(H,28,31). The third-order valence-electron chi connectivity index (χ3n) is 4.85. The molecule has 0 aliphatic rings. The first-order valence-corrected chi connectivity index (χ1v) is 10.1. The molecule has 1 N–H and O–H groups in total. The molecule has 8 nitrogen and oxygen atoms in total. The van der Waals surface area contributed by atoms with Crippen molar-refractivity contribution in [2.24, 2.45) is 0 Å². The molecule has 0 fully saturated rings. The summed E-state index contributed by atoms with van der Waals surface area (Å²) in [6.45, 7) is 1.47. The molecule has 0 bridgehead atoms. The molecule has 2 aromatic heterocycles. The minimum absolute atomic E-state index is 0.198. The number of hydrogen-bond acceptors (Lipinski definition) is 6. The molecule has 1 amide bonds. The predicted octanol–water partition coefficient (Wildman–Crippen LogP) is 3.99. The van der Waals surface area contributed by atoms with Gasteiger partial charge < -0.3 is 10.1 Å². The molecule has 4 aromatic rings. The number of carbonyl (C=O) groups excluding carboxylic acids is 2. The van der Waals surface area contributed by atoms with Crippen LogP contribution >= 0.6 is 0 Å². The molecule has 0 radical (unpaired) electrons. The highest BCUT2D eigenvalue weighted by Crippen LogP contribution is 2.24. The molecular formula is C25H19N5O3. The number of rotatable bonds is 6. The average Bonchev–Trinajstić information content (AvgIpc) is 3.31. The molecular weight excluding hydrogens is 418 g/mol. The SMILES string of the molecule is CC(OC(=O)c1cn(-c2ccccc2)nc1-c1cccnc1)C(=O)Nc1ccccc1C#N. The number of pyridine rings is 1. The van der Waals surface area contributed by atoms with Crippen molar-refractivity contribution in [1.82, 2.24) is 14.8 Å². The summed E-state index contributed by atoms with van der Waals surface area (Å²) < 4.78 is 7.02. The van der Waals surface area contributed by atoms with E-state index in [-0.39, 0.29) is 5.56 Å². The van der Waals surface area contributed by atoms with Crippen molar-refractivity contribution in [3.8, 4) is 23.0 Å². The van der Waals surface area contributed by atoms with Gasteiger partial charge in [0.05, 0.1) is 16.9 Å². The lowest BCUT2D eigenvalue weighted by atomic mass is 10.1. The van der Waals surface area contributed by atoms with Crippen LogP contribution in [-0.4, -0.2) is 32.7 Å². The molecule has 1 unspecified atom stereocenters. The van der Waals surface area contributed by atoms with E-state index < -0.39 is 18.0 Å². The fraction of sp³-hybridized carbons (Fsp3) is 0.0800. The second-order valence-corrected chi connectivity index (χ2v) is 7.11. The number of amides is 1. The molecule has 4 rings (SSSR count). The van der Waals surface area contributed by atoms with E-state index in [1.54, 1.807) is 59.7 Å². The maximum Gasteiger partial charge on any atom is 0.342 e. The highest BCUT2D eigenvalue weighted by atomic mass is 16.5. The molecule has 0 aliphatic heterocycles. The smallest absolute Gasteiger partial charge is 0.342 e. The number of nitrogens with one attached hydrogen (secondary N) is 1. The maximum atomic E-state index is 13.0. The van der Waals surface area contributed by atoms with Crippen molar-refractivity contribution in [3.63, 3.8) is 0 Å². The summed E-state index contributed by atoms with van der Waals surface area (Å²) in [7, 11) is 0. The predicted molar refractivity (Wildman–Crippen MR) is 121 cm³/mol. The molecule has 8 heteroatoms. The zero-order chi connectivity index (χ0) is 23.2. The Labute approximate surface area is 190 Å². The van der Waals surface area contributed by atoms with Crippen molar-refractivity contribution in [3.05, 3.63) is 96.4 Å². The van der Waals surface area contributed by atoms with Crippen LogP contribution < -0.4 is 5.32 Å². The van der Waals surface area contributed by atoms with Gasteiger partial charge in [-0.2, -0.15) is 10.4 Å². The lowest BCUT2D eigenvalue weighted by Gasteiger charge is -2.14. The Balaban J connectivity index is 1.59. The fourth-order valence-electron chi connectivity index (χ4n) is 3.15. The number of carbonyl (C=O) groups is 2. The summed E-state index contributed by atoms with van der Waals surface area (Å²) in [6, 6.07) is 21.5. The largest absolute Gasteiger partial charge is 0.449 e. The van der Waals surface area contributed by atoms with E-state index in [0.717, 1.165) is 5.69 Å². The van der Waals surface area contributed by atoms with Crippen molar-refractivity contribution >= 4 is 17.6 Å². The van der Waals surface area contributed by atoms with Crippen LogP contribution in [0.15, 0.2) is 85.3 Å². The number of esters is 1. The van der Waals surface area contributed by atoms with Gasteiger partial charge in [-0.3, -0.25) is 9.78 Å². The Morgan fingerprint density at radius 3 is 2.55 bits per heavy atom. The second kappa shape index (κ2) is 9.58. The maximum absolute atomic E-state index is 13.0. The van der Waals surface area contributed by atoms with Gasteiger partial charge in [-0.1, -0.05) is 30.3 Å². The molecule has 0 aliphatic carbocycles. The molecule has 2 heterocycles. The Morgan fingerprint density at radius 1 is 1.06 bits per heavy atom. The van der Waals surface area contributed by atoms with E-state index >= 15 is 0 Å². The van der Waals surface area contributed by atoms with Gasteiger partial charge in [-0.15, -0.1) is 0 Å². The Morgan fingerprint density at radius 2 is 1.82 bits per heavy atom.